The Labute approximate surface area is 151 Å². The van der Waals surface area contributed by atoms with Crippen LogP contribution < -0.4 is 10.0 Å². The summed E-state index contributed by atoms with van der Waals surface area (Å²) in [5.41, 5.74) is 0.556. The van der Waals surface area contributed by atoms with E-state index < -0.39 is 15.9 Å². The lowest BCUT2D eigenvalue weighted by Gasteiger charge is -2.39. The van der Waals surface area contributed by atoms with E-state index in [-0.39, 0.29) is 30.2 Å². The predicted octanol–water partition coefficient (Wildman–Crippen LogP) is 2.20. The first-order valence-electron chi connectivity index (χ1n) is 9.27. The fourth-order valence-corrected chi connectivity index (χ4v) is 4.73. The molecule has 0 aromatic rings. The van der Waals surface area contributed by atoms with Gasteiger partial charge in [-0.3, -0.25) is 14.3 Å². The lowest BCUT2D eigenvalue weighted by atomic mass is 9.66. The summed E-state index contributed by atoms with van der Waals surface area (Å²) in [4.78, 5) is 23.8. The number of sulfonamides is 1. The number of rotatable bonds is 7. The molecule has 7 heteroatoms. The average Bonchev–Trinajstić information content (AvgIpc) is 3.19. The van der Waals surface area contributed by atoms with E-state index in [1.807, 2.05) is 4.72 Å². The SMILES string of the molecule is CCC(C)(C)C1CCC2(CC1)CC2C(=O)NCCC(=O)NS(C)(=O)=O. The van der Waals surface area contributed by atoms with Gasteiger partial charge in [-0.25, -0.2) is 8.42 Å². The molecule has 0 radical (unpaired) electrons. The Hall–Kier alpha value is -1.11. The first-order chi connectivity index (χ1) is 11.5. The fourth-order valence-electron chi connectivity index (χ4n) is 4.21. The van der Waals surface area contributed by atoms with Gasteiger partial charge in [0.2, 0.25) is 21.8 Å². The van der Waals surface area contributed by atoms with Crippen LogP contribution in [-0.4, -0.2) is 33.0 Å². The maximum atomic E-state index is 12.3. The zero-order chi connectivity index (χ0) is 18.9. The number of carbonyl (C=O) groups is 2. The third kappa shape index (κ3) is 5.19. The number of hydrogen-bond donors (Lipinski definition) is 2. The smallest absolute Gasteiger partial charge is 0.235 e. The van der Waals surface area contributed by atoms with Gasteiger partial charge in [0.05, 0.1) is 6.26 Å². The molecule has 0 saturated heterocycles. The van der Waals surface area contributed by atoms with Crippen molar-refractivity contribution in [1.29, 1.82) is 0 Å². The number of hydrogen-bond acceptors (Lipinski definition) is 4. The maximum absolute atomic E-state index is 12.3. The minimum atomic E-state index is -3.53. The van der Waals surface area contributed by atoms with Crippen LogP contribution in [0, 0.1) is 22.7 Å². The molecule has 1 atom stereocenters. The normalized spacial score (nSPS) is 29.3. The van der Waals surface area contributed by atoms with Crippen LogP contribution in [0.1, 0.15) is 65.7 Å². The summed E-state index contributed by atoms with van der Waals surface area (Å²) >= 11 is 0. The van der Waals surface area contributed by atoms with Crippen molar-refractivity contribution in [2.75, 3.05) is 12.8 Å². The molecule has 0 aliphatic heterocycles. The highest BCUT2D eigenvalue weighted by atomic mass is 32.2. The van der Waals surface area contributed by atoms with Gasteiger partial charge in [-0.1, -0.05) is 27.2 Å². The van der Waals surface area contributed by atoms with Gasteiger partial charge in [0.1, 0.15) is 0 Å². The molecule has 1 spiro atoms. The molecule has 2 saturated carbocycles. The van der Waals surface area contributed by atoms with Gasteiger partial charge in [-0.2, -0.15) is 0 Å². The van der Waals surface area contributed by atoms with Gasteiger partial charge in [0.25, 0.3) is 0 Å². The molecule has 2 fully saturated rings. The molecule has 1 unspecified atom stereocenters. The second-order valence-corrected chi connectivity index (χ2v) is 10.3. The number of amides is 2. The van der Waals surface area contributed by atoms with Crippen molar-refractivity contribution < 1.29 is 18.0 Å². The summed E-state index contributed by atoms with van der Waals surface area (Å²) in [6.45, 7) is 7.11. The highest BCUT2D eigenvalue weighted by molar-refractivity contribution is 7.89. The zero-order valence-corrected chi connectivity index (χ0v) is 16.7. The molecule has 2 amide bonds. The second-order valence-electron chi connectivity index (χ2n) is 8.57. The molecule has 0 aromatic carbocycles. The highest BCUT2D eigenvalue weighted by Gasteiger charge is 2.58. The van der Waals surface area contributed by atoms with E-state index in [9.17, 15) is 18.0 Å². The standard InChI is InChI=1S/C18H32N2O4S/c1-5-17(2,3)13-6-9-18(10-7-13)12-14(18)16(22)19-11-8-15(21)20-25(4,23)24/h13-14H,5-12H2,1-4H3,(H,19,22)(H,20,21). The van der Waals surface area contributed by atoms with E-state index in [0.717, 1.165) is 31.4 Å². The van der Waals surface area contributed by atoms with Gasteiger partial charge in [-0.05, 0) is 48.9 Å². The van der Waals surface area contributed by atoms with Crippen molar-refractivity contribution in [3.05, 3.63) is 0 Å². The van der Waals surface area contributed by atoms with E-state index in [4.69, 9.17) is 0 Å². The zero-order valence-electron chi connectivity index (χ0n) is 15.9. The summed E-state index contributed by atoms with van der Waals surface area (Å²) in [5, 5.41) is 2.79. The van der Waals surface area contributed by atoms with Crippen LogP contribution in [0.15, 0.2) is 0 Å². The first-order valence-corrected chi connectivity index (χ1v) is 11.2. The summed E-state index contributed by atoms with van der Waals surface area (Å²) in [5.74, 6) is 0.235. The molecular weight excluding hydrogens is 340 g/mol. The molecule has 2 aliphatic rings. The van der Waals surface area contributed by atoms with Crippen LogP contribution in [0.25, 0.3) is 0 Å². The Morgan fingerprint density at radius 2 is 1.80 bits per heavy atom. The minimum absolute atomic E-state index is 0.0142. The van der Waals surface area contributed by atoms with Crippen LogP contribution in [0.2, 0.25) is 0 Å². The van der Waals surface area contributed by atoms with Crippen molar-refractivity contribution in [1.82, 2.24) is 10.0 Å². The maximum Gasteiger partial charge on any atom is 0.235 e. The van der Waals surface area contributed by atoms with Crippen LogP contribution in [0.4, 0.5) is 0 Å². The van der Waals surface area contributed by atoms with E-state index in [1.165, 1.54) is 19.3 Å². The van der Waals surface area contributed by atoms with Crippen LogP contribution in [0.3, 0.4) is 0 Å². The van der Waals surface area contributed by atoms with E-state index in [2.05, 4.69) is 26.1 Å². The van der Waals surface area contributed by atoms with Crippen molar-refractivity contribution in [3.8, 4) is 0 Å². The van der Waals surface area contributed by atoms with Crippen molar-refractivity contribution in [2.45, 2.75) is 65.7 Å². The Morgan fingerprint density at radius 1 is 1.20 bits per heavy atom. The van der Waals surface area contributed by atoms with Crippen LogP contribution in [0.5, 0.6) is 0 Å². The van der Waals surface area contributed by atoms with Crippen molar-refractivity contribution in [2.24, 2.45) is 22.7 Å². The minimum Gasteiger partial charge on any atom is -0.355 e. The molecule has 25 heavy (non-hydrogen) atoms. The lowest BCUT2D eigenvalue weighted by molar-refractivity contribution is -0.123. The molecule has 2 N–H and O–H groups in total. The van der Waals surface area contributed by atoms with Gasteiger partial charge >= 0.3 is 0 Å². The summed E-state index contributed by atoms with van der Waals surface area (Å²) in [6.07, 6.45) is 7.68. The molecule has 0 aromatic heterocycles. The van der Waals surface area contributed by atoms with Crippen LogP contribution in [-0.2, 0) is 19.6 Å². The Morgan fingerprint density at radius 3 is 2.32 bits per heavy atom. The van der Waals surface area contributed by atoms with E-state index >= 15 is 0 Å². The predicted molar refractivity (Wildman–Crippen MR) is 97.2 cm³/mol. The summed E-state index contributed by atoms with van der Waals surface area (Å²) in [7, 11) is -3.53. The number of nitrogens with one attached hydrogen (secondary N) is 2. The Kier molecular flexibility index (Phi) is 5.86. The monoisotopic (exact) mass is 372 g/mol. The van der Waals surface area contributed by atoms with Crippen molar-refractivity contribution in [3.63, 3.8) is 0 Å². The summed E-state index contributed by atoms with van der Waals surface area (Å²) < 4.78 is 23.8. The lowest BCUT2D eigenvalue weighted by Crippen LogP contribution is -2.35. The molecule has 2 rings (SSSR count). The number of carbonyl (C=O) groups excluding carboxylic acids is 2. The molecule has 144 valence electrons. The molecule has 6 nitrogen and oxygen atoms in total. The summed E-state index contributed by atoms with van der Waals surface area (Å²) in [6, 6.07) is 0. The molecular formula is C18H32N2O4S. The van der Waals surface area contributed by atoms with Crippen LogP contribution >= 0.6 is 0 Å². The van der Waals surface area contributed by atoms with E-state index in [0.29, 0.717) is 5.41 Å². The fraction of sp³-hybridized carbons (Fsp3) is 0.889. The highest BCUT2D eigenvalue weighted by Crippen LogP contribution is 2.63. The van der Waals surface area contributed by atoms with Gasteiger partial charge < -0.3 is 5.32 Å². The second kappa shape index (κ2) is 7.25. The van der Waals surface area contributed by atoms with E-state index in [1.54, 1.807) is 0 Å². The van der Waals surface area contributed by atoms with Gasteiger partial charge in [0, 0.05) is 18.9 Å². The largest absolute Gasteiger partial charge is 0.355 e. The molecule has 2 aliphatic carbocycles. The first kappa shape index (κ1) is 20.2. The van der Waals surface area contributed by atoms with Gasteiger partial charge in [0.15, 0.2) is 0 Å². The average molecular weight is 373 g/mol. The third-order valence-electron chi connectivity index (χ3n) is 6.45. The van der Waals surface area contributed by atoms with Crippen molar-refractivity contribution >= 4 is 21.8 Å². The third-order valence-corrected chi connectivity index (χ3v) is 7.05. The Bertz CT molecular complexity index is 619. The molecule has 0 bridgehead atoms. The topological polar surface area (TPSA) is 92.3 Å². The quantitative estimate of drug-likeness (QED) is 0.716. The van der Waals surface area contributed by atoms with Gasteiger partial charge in [-0.15, -0.1) is 0 Å². The molecule has 0 heterocycles. The Balaban J connectivity index is 1.73.